The van der Waals surface area contributed by atoms with Gasteiger partial charge in [0.15, 0.2) is 0 Å². The van der Waals surface area contributed by atoms with Crippen LogP contribution in [0.15, 0.2) is 50.5 Å². The monoisotopic (exact) mass is 415 g/mol. The maximum atomic E-state index is 12.2. The highest BCUT2D eigenvalue weighted by Gasteiger charge is 2.16. The molecule has 0 radical (unpaired) electrons. The van der Waals surface area contributed by atoms with Crippen LogP contribution in [0.2, 0.25) is 0 Å². The predicted octanol–water partition coefficient (Wildman–Crippen LogP) is 3.89. The van der Waals surface area contributed by atoms with Gasteiger partial charge in [-0.25, -0.2) is 13.2 Å². The quantitative estimate of drug-likeness (QED) is 0.573. The van der Waals surface area contributed by atoms with Crippen LogP contribution in [0, 0.1) is 0 Å². The molecule has 1 aromatic heterocycles. The Balaban J connectivity index is 2.07. The smallest absolute Gasteiger partial charge is 0.330 e. The predicted molar refractivity (Wildman–Crippen MR) is 94.9 cm³/mol. The number of esters is 1. The lowest BCUT2D eigenvalue weighted by Crippen LogP contribution is -2.11. The summed E-state index contributed by atoms with van der Waals surface area (Å²) in [5.41, 5.74) is 1.21. The number of sulfonamides is 1. The van der Waals surface area contributed by atoms with Crippen molar-refractivity contribution in [3.63, 3.8) is 0 Å². The third-order valence-corrected chi connectivity index (χ3v) is 6.17. The molecule has 0 amide bonds. The second-order valence-corrected chi connectivity index (χ2v) is 8.74. The number of benzene rings is 1. The van der Waals surface area contributed by atoms with Crippen molar-refractivity contribution in [2.45, 2.75) is 11.1 Å². The van der Waals surface area contributed by atoms with E-state index in [0.29, 0.717) is 12.3 Å². The highest BCUT2D eigenvalue weighted by Crippen LogP contribution is 2.27. The molecule has 122 valence electrons. The van der Waals surface area contributed by atoms with Crippen LogP contribution in [0.4, 0.5) is 5.69 Å². The van der Waals surface area contributed by atoms with E-state index in [1.54, 1.807) is 43.3 Å². The van der Waals surface area contributed by atoms with E-state index in [4.69, 9.17) is 4.74 Å². The molecule has 0 spiro atoms. The standard InChI is InChI=1S/C15H14BrNO4S2/c1-2-21-14(18)9-5-11-3-6-12(7-4-11)17-23(19,20)15-10-8-13(16)22-15/h3-10,17H,2H2,1H3/b9-5+. The molecule has 1 N–H and O–H groups in total. The first-order chi connectivity index (χ1) is 10.9. The van der Waals surface area contributed by atoms with Crippen molar-refractivity contribution < 1.29 is 17.9 Å². The van der Waals surface area contributed by atoms with Crippen LogP contribution in [0.1, 0.15) is 12.5 Å². The highest BCUT2D eigenvalue weighted by atomic mass is 79.9. The van der Waals surface area contributed by atoms with Gasteiger partial charge in [0.25, 0.3) is 10.0 Å². The second kappa shape index (κ2) is 7.76. The third kappa shape index (κ3) is 5.19. The number of anilines is 1. The zero-order chi connectivity index (χ0) is 16.9. The van der Waals surface area contributed by atoms with E-state index < -0.39 is 16.0 Å². The Bertz CT molecular complexity index is 810. The molecule has 0 aliphatic rings. The van der Waals surface area contributed by atoms with Gasteiger partial charge in [0.05, 0.1) is 10.4 Å². The van der Waals surface area contributed by atoms with Crippen molar-refractivity contribution in [3.05, 3.63) is 51.8 Å². The Morgan fingerprint density at radius 1 is 1.26 bits per heavy atom. The fourth-order valence-corrected chi connectivity index (χ4v) is 4.73. The summed E-state index contributed by atoms with van der Waals surface area (Å²) in [5.74, 6) is -0.416. The summed E-state index contributed by atoms with van der Waals surface area (Å²) in [7, 11) is -3.59. The first-order valence-corrected chi connectivity index (χ1v) is 9.73. The topological polar surface area (TPSA) is 72.5 Å². The Kier molecular flexibility index (Phi) is 5.97. The molecule has 0 atom stereocenters. The Morgan fingerprint density at radius 3 is 2.52 bits per heavy atom. The SMILES string of the molecule is CCOC(=O)/C=C/c1ccc(NS(=O)(=O)c2ccc(Br)s2)cc1. The maximum Gasteiger partial charge on any atom is 0.330 e. The minimum absolute atomic E-state index is 0.232. The number of hydrogen-bond acceptors (Lipinski definition) is 5. The van der Waals surface area contributed by atoms with E-state index in [-0.39, 0.29) is 4.21 Å². The Hall–Kier alpha value is -1.64. The number of rotatable bonds is 6. The Labute approximate surface area is 147 Å². The number of thiophene rings is 1. The van der Waals surface area contributed by atoms with Gasteiger partial charge in [0.2, 0.25) is 0 Å². The fourth-order valence-electron chi connectivity index (χ4n) is 1.66. The van der Waals surface area contributed by atoms with E-state index in [2.05, 4.69) is 20.7 Å². The lowest BCUT2D eigenvalue weighted by Gasteiger charge is -2.06. The largest absolute Gasteiger partial charge is 0.463 e. The molecule has 0 unspecified atom stereocenters. The Morgan fingerprint density at radius 2 is 1.96 bits per heavy atom. The molecule has 0 aliphatic carbocycles. The van der Waals surface area contributed by atoms with Crippen molar-refractivity contribution in [2.75, 3.05) is 11.3 Å². The molecule has 0 saturated heterocycles. The molecule has 0 saturated carbocycles. The zero-order valence-electron chi connectivity index (χ0n) is 12.2. The van der Waals surface area contributed by atoms with Crippen molar-refractivity contribution in [2.24, 2.45) is 0 Å². The van der Waals surface area contributed by atoms with Gasteiger partial charge in [-0.15, -0.1) is 11.3 Å². The normalized spacial score (nSPS) is 11.6. The zero-order valence-corrected chi connectivity index (χ0v) is 15.4. The molecule has 1 heterocycles. The highest BCUT2D eigenvalue weighted by molar-refractivity contribution is 9.11. The van der Waals surface area contributed by atoms with Crippen LogP contribution >= 0.6 is 27.3 Å². The fraction of sp³-hybridized carbons (Fsp3) is 0.133. The van der Waals surface area contributed by atoms with Gasteiger partial charge in [-0.1, -0.05) is 12.1 Å². The summed E-state index contributed by atoms with van der Waals surface area (Å²) < 4.78 is 32.7. The van der Waals surface area contributed by atoms with E-state index >= 15 is 0 Å². The van der Waals surface area contributed by atoms with Crippen molar-refractivity contribution in [1.82, 2.24) is 0 Å². The molecule has 1 aromatic carbocycles. The second-order valence-electron chi connectivity index (χ2n) is 4.37. The first-order valence-electron chi connectivity index (χ1n) is 6.64. The van der Waals surface area contributed by atoms with Crippen LogP contribution in [-0.2, 0) is 19.6 Å². The van der Waals surface area contributed by atoms with Gasteiger partial charge in [-0.05, 0) is 58.8 Å². The first kappa shape index (κ1) is 17.7. The number of halogens is 1. The summed E-state index contributed by atoms with van der Waals surface area (Å²) in [6, 6.07) is 9.89. The minimum Gasteiger partial charge on any atom is -0.463 e. The van der Waals surface area contributed by atoms with Crippen molar-refractivity contribution in [1.29, 1.82) is 0 Å². The maximum absolute atomic E-state index is 12.2. The van der Waals surface area contributed by atoms with Gasteiger partial charge in [0, 0.05) is 11.8 Å². The molecule has 8 heteroatoms. The van der Waals surface area contributed by atoms with Crippen LogP contribution in [0.5, 0.6) is 0 Å². The van der Waals surface area contributed by atoms with Crippen molar-refractivity contribution >= 4 is 55.0 Å². The molecule has 0 fully saturated rings. The van der Waals surface area contributed by atoms with E-state index in [1.807, 2.05) is 0 Å². The average molecular weight is 416 g/mol. The van der Waals surface area contributed by atoms with Gasteiger partial charge < -0.3 is 4.74 Å². The van der Waals surface area contributed by atoms with Gasteiger partial charge >= 0.3 is 5.97 Å². The molecule has 5 nitrogen and oxygen atoms in total. The molecular weight excluding hydrogens is 402 g/mol. The van der Waals surface area contributed by atoms with Crippen LogP contribution < -0.4 is 4.72 Å². The lowest BCUT2D eigenvalue weighted by atomic mass is 10.2. The van der Waals surface area contributed by atoms with Crippen LogP contribution in [0.25, 0.3) is 6.08 Å². The van der Waals surface area contributed by atoms with Crippen molar-refractivity contribution in [3.8, 4) is 0 Å². The van der Waals surface area contributed by atoms with Gasteiger partial charge in [0.1, 0.15) is 4.21 Å². The molecule has 2 rings (SSSR count). The van der Waals surface area contributed by atoms with Crippen LogP contribution in [-0.4, -0.2) is 21.0 Å². The molecule has 0 aliphatic heterocycles. The van der Waals surface area contributed by atoms with Gasteiger partial charge in [-0.2, -0.15) is 0 Å². The summed E-state index contributed by atoms with van der Waals surface area (Å²) in [5, 5.41) is 0. The minimum atomic E-state index is -3.59. The average Bonchev–Trinajstić information content (AvgIpc) is 2.94. The number of hydrogen-bond donors (Lipinski definition) is 1. The summed E-state index contributed by atoms with van der Waals surface area (Å²) in [6.07, 6.45) is 2.93. The number of carbonyl (C=O) groups is 1. The number of carbonyl (C=O) groups excluding carboxylic acids is 1. The summed E-state index contributed by atoms with van der Waals surface area (Å²) in [4.78, 5) is 11.2. The van der Waals surface area contributed by atoms with E-state index in [9.17, 15) is 13.2 Å². The van der Waals surface area contributed by atoms with E-state index in [0.717, 1.165) is 20.7 Å². The molecular formula is C15H14BrNO4S2. The van der Waals surface area contributed by atoms with Gasteiger partial charge in [-0.3, -0.25) is 4.72 Å². The molecule has 23 heavy (non-hydrogen) atoms. The third-order valence-electron chi connectivity index (χ3n) is 2.67. The lowest BCUT2D eigenvalue weighted by molar-refractivity contribution is -0.137. The molecule has 2 aromatic rings. The molecule has 0 bridgehead atoms. The van der Waals surface area contributed by atoms with E-state index in [1.165, 1.54) is 12.1 Å². The number of ether oxygens (including phenoxy) is 1. The number of nitrogens with one attached hydrogen (secondary N) is 1. The summed E-state index contributed by atoms with van der Waals surface area (Å²) in [6.45, 7) is 2.06. The van der Waals surface area contributed by atoms with Crippen LogP contribution in [0.3, 0.4) is 0 Å². The summed E-state index contributed by atoms with van der Waals surface area (Å²) >= 11 is 4.38.